The number of urea groups is 1. The van der Waals surface area contributed by atoms with Crippen LogP contribution >= 0.6 is 0 Å². The minimum atomic E-state index is -0.218. The van der Waals surface area contributed by atoms with E-state index in [0.717, 1.165) is 43.6 Å². The largest absolute Gasteiger partial charge is 0.469 e. The van der Waals surface area contributed by atoms with Crippen LogP contribution in [0.3, 0.4) is 0 Å². The maximum Gasteiger partial charge on any atom is 0.319 e. The van der Waals surface area contributed by atoms with E-state index in [1.54, 1.807) is 0 Å². The highest BCUT2D eigenvalue weighted by Crippen LogP contribution is 2.12. The molecule has 0 aliphatic carbocycles. The highest BCUT2D eigenvalue weighted by atomic mass is 16.5. The lowest BCUT2D eigenvalue weighted by Crippen LogP contribution is -2.38. The molecule has 6 nitrogen and oxygen atoms in total. The lowest BCUT2D eigenvalue weighted by Gasteiger charge is -2.16. The Morgan fingerprint density at radius 3 is 2.74 bits per heavy atom. The summed E-state index contributed by atoms with van der Waals surface area (Å²) in [6.45, 7) is 1.96. The number of anilines is 1. The molecule has 1 aliphatic heterocycles. The first-order chi connectivity index (χ1) is 11.2. The molecule has 1 fully saturated rings. The fraction of sp³-hybridized carbons (Fsp3) is 0.529. The fourth-order valence-electron chi connectivity index (χ4n) is 2.62. The number of nitrogens with one attached hydrogen (secondary N) is 3. The summed E-state index contributed by atoms with van der Waals surface area (Å²) in [6.07, 6.45) is 4.04. The Balaban J connectivity index is 1.78. The van der Waals surface area contributed by atoms with Gasteiger partial charge >= 0.3 is 12.0 Å². The lowest BCUT2D eigenvalue weighted by atomic mass is 10.1. The second-order valence-corrected chi connectivity index (χ2v) is 5.75. The third-order valence-electron chi connectivity index (χ3n) is 3.97. The summed E-state index contributed by atoms with van der Waals surface area (Å²) in [5.41, 5.74) is 1.78. The van der Waals surface area contributed by atoms with Gasteiger partial charge in [-0.15, -0.1) is 0 Å². The van der Waals surface area contributed by atoms with Crippen molar-refractivity contribution in [2.75, 3.05) is 25.5 Å². The number of benzene rings is 1. The van der Waals surface area contributed by atoms with Crippen LogP contribution in [-0.2, 0) is 16.0 Å². The molecule has 1 unspecified atom stereocenters. The van der Waals surface area contributed by atoms with Crippen LogP contribution in [0.25, 0.3) is 0 Å². The van der Waals surface area contributed by atoms with Crippen molar-refractivity contribution in [3.8, 4) is 0 Å². The van der Waals surface area contributed by atoms with Gasteiger partial charge in [-0.2, -0.15) is 0 Å². The van der Waals surface area contributed by atoms with Gasteiger partial charge in [-0.05, 0) is 56.5 Å². The van der Waals surface area contributed by atoms with Crippen LogP contribution < -0.4 is 16.0 Å². The van der Waals surface area contributed by atoms with E-state index in [1.165, 1.54) is 7.11 Å². The molecular weight excluding hydrogens is 294 g/mol. The Kier molecular flexibility index (Phi) is 6.87. The zero-order chi connectivity index (χ0) is 16.5. The number of esters is 1. The average molecular weight is 319 g/mol. The van der Waals surface area contributed by atoms with Crippen molar-refractivity contribution in [1.29, 1.82) is 0 Å². The Labute approximate surface area is 137 Å². The quantitative estimate of drug-likeness (QED) is 0.726. The van der Waals surface area contributed by atoms with Gasteiger partial charge in [-0.25, -0.2) is 4.79 Å². The van der Waals surface area contributed by atoms with Crippen molar-refractivity contribution in [2.24, 2.45) is 0 Å². The van der Waals surface area contributed by atoms with Gasteiger partial charge in [-0.1, -0.05) is 12.1 Å². The number of hydrogen-bond donors (Lipinski definition) is 3. The smallest absolute Gasteiger partial charge is 0.319 e. The minimum absolute atomic E-state index is 0.167. The van der Waals surface area contributed by atoms with Crippen LogP contribution in [0.1, 0.15) is 31.2 Å². The third-order valence-corrected chi connectivity index (χ3v) is 3.97. The van der Waals surface area contributed by atoms with E-state index in [1.807, 2.05) is 24.3 Å². The predicted molar refractivity (Wildman–Crippen MR) is 89.4 cm³/mol. The highest BCUT2D eigenvalue weighted by molar-refractivity contribution is 5.89. The molecule has 1 heterocycles. The number of aryl methyl sites for hydroxylation is 1. The van der Waals surface area contributed by atoms with E-state index >= 15 is 0 Å². The summed E-state index contributed by atoms with van der Waals surface area (Å²) < 4.78 is 4.62. The van der Waals surface area contributed by atoms with Crippen LogP contribution in [0.2, 0.25) is 0 Å². The Hall–Kier alpha value is -2.08. The van der Waals surface area contributed by atoms with Crippen molar-refractivity contribution < 1.29 is 14.3 Å². The third kappa shape index (κ3) is 6.28. The summed E-state index contributed by atoms with van der Waals surface area (Å²) in [6, 6.07) is 7.58. The first-order valence-corrected chi connectivity index (χ1v) is 8.11. The molecule has 2 rings (SSSR count). The molecule has 2 amide bonds. The van der Waals surface area contributed by atoms with E-state index in [-0.39, 0.29) is 18.0 Å². The average Bonchev–Trinajstić information content (AvgIpc) is 2.82. The number of hydrogen-bond acceptors (Lipinski definition) is 4. The summed E-state index contributed by atoms with van der Waals surface area (Å²) in [5.74, 6) is -0.218. The number of carbonyl (C=O) groups excluding carboxylic acids is 2. The van der Waals surface area contributed by atoms with E-state index in [2.05, 4.69) is 20.7 Å². The molecule has 0 spiro atoms. The summed E-state index contributed by atoms with van der Waals surface area (Å²) in [4.78, 5) is 23.1. The summed E-state index contributed by atoms with van der Waals surface area (Å²) in [5, 5.41) is 9.20. The van der Waals surface area contributed by atoms with Gasteiger partial charge in [0.15, 0.2) is 0 Å². The van der Waals surface area contributed by atoms with Gasteiger partial charge in [0.2, 0.25) is 0 Å². The van der Waals surface area contributed by atoms with Crippen LogP contribution in [0.4, 0.5) is 10.5 Å². The van der Waals surface area contributed by atoms with Gasteiger partial charge in [0, 0.05) is 18.2 Å². The molecule has 3 N–H and O–H groups in total. The van der Waals surface area contributed by atoms with Crippen LogP contribution in [0.15, 0.2) is 24.3 Å². The normalized spacial score (nSPS) is 17.9. The first kappa shape index (κ1) is 17.3. The van der Waals surface area contributed by atoms with Gasteiger partial charge in [0.25, 0.3) is 0 Å². The standard InChI is InChI=1S/C17H25N3O3/c1-23-16(21)9-6-13-4-7-15(8-5-13)20-17(22)19-14-3-2-11-18-12-10-14/h4-5,7-8,14,18H,2-3,6,9-12H2,1H3,(H2,19,20,22). The predicted octanol–water partition coefficient (Wildman–Crippen LogP) is 2.06. The fourth-order valence-corrected chi connectivity index (χ4v) is 2.62. The molecule has 0 bridgehead atoms. The molecule has 1 aromatic rings. The molecule has 0 aromatic heterocycles. The Bertz CT molecular complexity index is 508. The zero-order valence-corrected chi connectivity index (χ0v) is 13.6. The number of methoxy groups -OCH3 is 1. The minimum Gasteiger partial charge on any atom is -0.469 e. The molecule has 1 saturated heterocycles. The van der Waals surface area contributed by atoms with Crippen molar-refractivity contribution in [2.45, 2.75) is 38.1 Å². The molecule has 1 aromatic carbocycles. The van der Waals surface area contributed by atoms with Crippen molar-refractivity contribution in [3.05, 3.63) is 29.8 Å². The van der Waals surface area contributed by atoms with Crippen molar-refractivity contribution in [1.82, 2.24) is 10.6 Å². The van der Waals surface area contributed by atoms with Gasteiger partial charge in [0.1, 0.15) is 0 Å². The molecule has 6 heteroatoms. The number of amides is 2. The van der Waals surface area contributed by atoms with Crippen LogP contribution in [0, 0.1) is 0 Å². The summed E-state index contributed by atoms with van der Waals surface area (Å²) >= 11 is 0. The van der Waals surface area contributed by atoms with Crippen LogP contribution in [-0.4, -0.2) is 38.2 Å². The molecule has 23 heavy (non-hydrogen) atoms. The van der Waals surface area contributed by atoms with Crippen molar-refractivity contribution >= 4 is 17.7 Å². The van der Waals surface area contributed by atoms with E-state index in [0.29, 0.717) is 12.8 Å². The number of ether oxygens (including phenoxy) is 1. The zero-order valence-electron chi connectivity index (χ0n) is 13.6. The molecule has 0 saturated carbocycles. The maximum atomic E-state index is 12.0. The number of rotatable bonds is 5. The van der Waals surface area contributed by atoms with Gasteiger partial charge in [0.05, 0.1) is 7.11 Å². The molecule has 0 radical (unpaired) electrons. The summed E-state index contributed by atoms with van der Waals surface area (Å²) in [7, 11) is 1.39. The number of carbonyl (C=O) groups is 2. The SMILES string of the molecule is COC(=O)CCc1ccc(NC(=O)NC2CCCNCC2)cc1. The van der Waals surface area contributed by atoms with E-state index in [4.69, 9.17) is 0 Å². The Morgan fingerprint density at radius 1 is 1.22 bits per heavy atom. The second kappa shape index (κ2) is 9.15. The molecule has 1 atom stereocenters. The lowest BCUT2D eigenvalue weighted by molar-refractivity contribution is -0.140. The maximum absolute atomic E-state index is 12.0. The first-order valence-electron chi connectivity index (χ1n) is 8.11. The van der Waals surface area contributed by atoms with Gasteiger partial charge in [-0.3, -0.25) is 4.79 Å². The molecule has 126 valence electrons. The monoisotopic (exact) mass is 319 g/mol. The van der Waals surface area contributed by atoms with E-state index in [9.17, 15) is 9.59 Å². The highest BCUT2D eigenvalue weighted by Gasteiger charge is 2.14. The molecule has 1 aliphatic rings. The Morgan fingerprint density at radius 2 is 2.00 bits per heavy atom. The molecular formula is C17H25N3O3. The van der Waals surface area contributed by atoms with E-state index < -0.39 is 0 Å². The van der Waals surface area contributed by atoms with Crippen molar-refractivity contribution in [3.63, 3.8) is 0 Å². The van der Waals surface area contributed by atoms with Gasteiger partial charge < -0.3 is 20.7 Å². The van der Waals surface area contributed by atoms with Crippen LogP contribution in [0.5, 0.6) is 0 Å². The topological polar surface area (TPSA) is 79.5 Å². The second-order valence-electron chi connectivity index (χ2n) is 5.75.